The average molecular weight is 308 g/mol. The van der Waals surface area contributed by atoms with Gasteiger partial charge in [-0.2, -0.15) is 0 Å². The van der Waals surface area contributed by atoms with Gasteiger partial charge in [0.15, 0.2) is 0 Å². The SMILES string of the molecule is COC(=O)Cn1cc(B2OC(C)(C)C(C)(C)O2)cc(N)c1=O. The second kappa shape index (κ2) is 5.44. The van der Waals surface area contributed by atoms with Gasteiger partial charge in [-0.15, -0.1) is 0 Å². The van der Waals surface area contributed by atoms with Crippen molar-refractivity contribution in [2.75, 3.05) is 12.8 Å². The number of esters is 1. The van der Waals surface area contributed by atoms with Crippen molar-refractivity contribution < 1.29 is 18.8 Å². The van der Waals surface area contributed by atoms with Gasteiger partial charge in [0.05, 0.1) is 24.0 Å². The smallest absolute Gasteiger partial charge is 0.468 e. The number of nitrogens with zero attached hydrogens (tertiary/aromatic N) is 1. The van der Waals surface area contributed by atoms with Crippen LogP contribution in [0.2, 0.25) is 0 Å². The van der Waals surface area contributed by atoms with Gasteiger partial charge in [0.25, 0.3) is 5.56 Å². The maximum atomic E-state index is 12.0. The molecular weight excluding hydrogens is 287 g/mol. The molecule has 2 N–H and O–H groups in total. The van der Waals surface area contributed by atoms with E-state index in [1.54, 1.807) is 0 Å². The van der Waals surface area contributed by atoms with Crippen LogP contribution < -0.4 is 16.8 Å². The monoisotopic (exact) mass is 308 g/mol. The molecule has 0 amide bonds. The van der Waals surface area contributed by atoms with Crippen LogP contribution in [-0.4, -0.2) is 36.0 Å². The van der Waals surface area contributed by atoms with Crippen LogP contribution in [0.5, 0.6) is 0 Å². The van der Waals surface area contributed by atoms with E-state index in [0.29, 0.717) is 5.46 Å². The molecular formula is C14H21BN2O5. The maximum absolute atomic E-state index is 12.0. The first kappa shape index (κ1) is 16.6. The molecule has 0 bridgehead atoms. The number of carbonyl (C=O) groups is 1. The van der Waals surface area contributed by atoms with Crippen molar-refractivity contribution in [3.8, 4) is 0 Å². The molecule has 1 aromatic heterocycles. The standard InChI is InChI=1S/C14H21BN2O5/c1-13(2)14(3,4)22-15(21-13)9-6-10(16)12(19)17(7-9)8-11(18)20-5/h6-7H,8,16H2,1-5H3. The van der Waals surface area contributed by atoms with E-state index in [1.807, 2.05) is 27.7 Å². The molecule has 22 heavy (non-hydrogen) atoms. The minimum Gasteiger partial charge on any atom is -0.468 e. The highest BCUT2D eigenvalue weighted by molar-refractivity contribution is 6.62. The van der Waals surface area contributed by atoms with Crippen LogP contribution in [0.15, 0.2) is 17.1 Å². The van der Waals surface area contributed by atoms with E-state index in [1.165, 1.54) is 23.9 Å². The highest BCUT2D eigenvalue weighted by atomic mass is 16.7. The minimum absolute atomic E-state index is 0.0242. The van der Waals surface area contributed by atoms with Gasteiger partial charge < -0.3 is 24.3 Å². The van der Waals surface area contributed by atoms with Gasteiger partial charge in [-0.25, -0.2) is 0 Å². The highest BCUT2D eigenvalue weighted by Crippen LogP contribution is 2.36. The van der Waals surface area contributed by atoms with Crippen molar-refractivity contribution >= 4 is 24.2 Å². The number of ether oxygens (including phenoxy) is 1. The lowest BCUT2D eigenvalue weighted by Gasteiger charge is -2.32. The van der Waals surface area contributed by atoms with Gasteiger partial charge in [0, 0.05) is 11.7 Å². The summed E-state index contributed by atoms with van der Waals surface area (Å²) in [7, 11) is 0.603. The summed E-state index contributed by atoms with van der Waals surface area (Å²) in [6.45, 7) is 7.51. The van der Waals surface area contributed by atoms with Gasteiger partial charge in [-0.3, -0.25) is 9.59 Å². The highest BCUT2D eigenvalue weighted by Gasteiger charge is 2.51. The van der Waals surface area contributed by atoms with E-state index in [0.717, 1.165) is 0 Å². The predicted molar refractivity (Wildman–Crippen MR) is 82.8 cm³/mol. The van der Waals surface area contributed by atoms with Crippen molar-refractivity contribution in [2.45, 2.75) is 45.4 Å². The number of aromatic nitrogens is 1. The third kappa shape index (κ3) is 2.89. The van der Waals surface area contributed by atoms with Gasteiger partial charge in [-0.05, 0) is 33.8 Å². The number of nitrogens with two attached hydrogens (primary N) is 1. The predicted octanol–water partition coefficient (Wildman–Crippen LogP) is -0.0973. The third-order valence-corrected chi connectivity index (χ3v) is 4.19. The molecule has 1 fully saturated rings. The Morgan fingerprint density at radius 1 is 1.32 bits per heavy atom. The van der Waals surface area contributed by atoms with Gasteiger partial charge in [-0.1, -0.05) is 0 Å². The number of carbonyl (C=O) groups excluding carboxylic acids is 1. The fraction of sp³-hybridized carbons (Fsp3) is 0.571. The molecule has 0 unspecified atom stereocenters. The molecule has 0 saturated carbocycles. The fourth-order valence-corrected chi connectivity index (χ4v) is 2.11. The lowest BCUT2D eigenvalue weighted by molar-refractivity contribution is -0.141. The molecule has 1 aliphatic heterocycles. The number of rotatable bonds is 3. The Morgan fingerprint density at radius 2 is 1.86 bits per heavy atom. The topological polar surface area (TPSA) is 92.8 Å². The van der Waals surface area contributed by atoms with Gasteiger partial charge in [0.1, 0.15) is 6.54 Å². The molecule has 0 atom stereocenters. The first-order chi connectivity index (χ1) is 10.1. The molecule has 0 radical (unpaired) electrons. The summed E-state index contributed by atoms with van der Waals surface area (Å²) in [5.41, 5.74) is 4.89. The zero-order valence-electron chi connectivity index (χ0n) is 13.5. The molecule has 8 heteroatoms. The Hall–Kier alpha value is -1.80. The lowest BCUT2D eigenvalue weighted by atomic mass is 9.80. The van der Waals surface area contributed by atoms with Crippen molar-refractivity contribution in [1.82, 2.24) is 4.57 Å². The molecule has 0 spiro atoms. The molecule has 2 rings (SSSR count). The Balaban J connectivity index is 2.38. The summed E-state index contributed by atoms with van der Waals surface area (Å²) in [4.78, 5) is 23.4. The van der Waals surface area contributed by atoms with E-state index in [2.05, 4.69) is 4.74 Å². The zero-order valence-corrected chi connectivity index (χ0v) is 13.5. The number of hydrogen-bond donors (Lipinski definition) is 1. The summed E-state index contributed by atoms with van der Waals surface area (Å²) in [5.74, 6) is -0.535. The number of anilines is 1. The molecule has 1 aliphatic rings. The van der Waals surface area contributed by atoms with Crippen LogP contribution >= 0.6 is 0 Å². The molecule has 0 aromatic carbocycles. The van der Waals surface area contributed by atoms with E-state index < -0.39 is 29.8 Å². The number of hydrogen-bond acceptors (Lipinski definition) is 6. The zero-order chi connectivity index (χ0) is 16.7. The second-order valence-corrected chi connectivity index (χ2v) is 6.33. The Labute approximate surface area is 129 Å². The third-order valence-electron chi connectivity index (χ3n) is 4.19. The van der Waals surface area contributed by atoms with Crippen LogP contribution in [0.4, 0.5) is 5.69 Å². The molecule has 0 aliphatic carbocycles. The van der Waals surface area contributed by atoms with E-state index in [-0.39, 0.29) is 12.2 Å². The first-order valence-electron chi connectivity index (χ1n) is 7.00. The average Bonchev–Trinajstić information content (AvgIpc) is 2.63. The number of methoxy groups -OCH3 is 1. The van der Waals surface area contributed by atoms with Crippen LogP contribution in [0.3, 0.4) is 0 Å². The van der Waals surface area contributed by atoms with Crippen molar-refractivity contribution in [3.63, 3.8) is 0 Å². The van der Waals surface area contributed by atoms with Crippen molar-refractivity contribution in [2.24, 2.45) is 0 Å². The summed E-state index contributed by atoms with van der Waals surface area (Å²) < 4.78 is 17.6. The normalized spacial score (nSPS) is 19.2. The summed E-state index contributed by atoms with van der Waals surface area (Å²) >= 11 is 0. The number of pyridine rings is 1. The molecule has 2 heterocycles. The largest absolute Gasteiger partial charge is 0.496 e. The van der Waals surface area contributed by atoms with E-state index in [4.69, 9.17) is 15.0 Å². The summed E-state index contributed by atoms with van der Waals surface area (Å²) in [6, 6.07) is 1.51. The quantitative estimate of drug-likeness (QED) is 0.619. The fourth-order valence-electron chi connectivity index (χ4n) is 2.11. The van der Waals surface area contributed by atoms with Gasteiger partial charge >= 0.3 is 13.1 Å². The van der Waals surface area contributed by atoms with Crippen LogP contribution in [0.1, 0.15) is 27.7 Å². The van der Waals surface area contributed by atoms with Crippen molar-refractivity contribution in [1.29, 1.82) is 0 Å². The van der Waals surface area contributed by atoms with Crippen molar-refractivity contribution in [3.05, 3.63) is 22.6 Å². The summed E-state index contributed by atoms with van der Waals surface area (Å²) in [6.07, 6.45) is 1.51. The van der Waals surface area contributed by atoms with E-state index >= 15 is 0 Å². The molecule has 7 nitrogen and oxygen atoms in total. The van der Waals surface area contributed by atoms with Crippen LogP contribution in [-0.2, 0) is 25.4 Å². The van der Waals surface area contributed by atoms with Gasteiger partial charge in [0.2, 0.25) is 0 Å². The lowest BCUT2D eigenvalue weighted by Crippen LogP contribution is -2.41. The Morgan fingerprint density at radius 3 is 2.36 bits per heavy atom. The van der Waals surface area contributed by atoms with Crippen LogP contribution in [0.25, 0.3) is 0 Å². The Kier molecular flexibility index (Phi) is 4.10. The molecule has 1 saturated heterocycles. The van der Waals surface area contributed by atoms with E-state index in [9.17, 15) is 9.59 Å². The molecule has 1 aromatic rings. The maximum Gasteiger partial charge on any atom is 0.496 e. The van der Waals surface area contributed by atoms with Crippen LogP contribution in [0, 0.1) is 0 Å². The summed E-state index contributed by atoms with van der Waals surface area (Å²) in [5, 5.41) is 0. The first-order valence-corrected chi connectivity index (χ1v) is 7.00. The minimum atomic E-state index is -0.656. The second-order valence-electron chi connectivity index (χ2n) is 6.33. The Bertz CT molecular complexity index is 637. The number of nitrogen functional groups attached to an aromatic ring is 1. The molecule has 120 valence electrons.